The van der Waals surface area contributed by atoms with Crippen LogP contribution >= 0.6 is 12.2 Å². The second-order valence-corrected chi connectivity index (χ2v) is 4.40. The molecule has 0 aromatic heterocycles. The van der Waals surface area contributed by atoms with Crippen molar-refractivity contribution in [3.63, 3.8) is 0 Å². The minimum Gasteiger partial charge on any atom is -0.497 e. The third kappa shape index (κ3) is 4.59. The van der Waals surface area contributed by atoms with Gasteiger partial charge in [0.05, 0.1) is 14.2 Å². The van der Waals surface area contributed by atoms with Crippen LogP contribution in [-0.4, -0.2) is 37.3 Å². The average molecular weight is 292 g/mol. The number of methoxy groups -OCH3 is 2. The van der Waals surface area contributed by atoms with Gasteiger partial charge in [0.25, 0.3) is 0 Å². The van der Waals surface area contributed by atoms with Gasteiger partial charge in [-0.2, -0.15) is 0 Å². The van der Waals surface area contributed by atoms with Crippen LogP contribution in [0.25, 0.3) is 0 Å². The van der Waals surface area contributed by atoms with Crippen LogP contribution in [0.5, 0.6) is 11.5 Å². The lowest BCUT2D eigenvalue weighted by atomic mass is 10.3. The minimum atomic E-state index is 0.597. The van der Waals surface area contributed by atoms with E-state index >= 15 is 0 Å². The van der Waals surface area contributed by atoms with E-state index in [1.807, 2.05) is 17.0 Å². The van der Waals surface area contributed by atoms with E-state index in [0.717, 1.165) is 5.69 Å². The Morgan fingerprint density at radius 2 is 1.65 bits per heavy atom. The Bertz CT molecular complexity index is 457. The number of thiocarbonyl (C=S) groups is 1. The van der Waals surface area contributed by atoms with E-state index in [0.29, 0.717) is 29.7 Å². The first-order valence-electron chi connectivity index (χ1n) is 6.15. The molecule has 1 rings (SSSR count). The molecule has 0 fully saturated rings. The van der Waals surface area contributed by atoms with Crippen molar-refractivity contribution in [3.05, 3.63) is 43.5 Å². The van der Waals surface area contributed by atoms with Gasteiger partial charge in [-0.05, 0) is 12.2 Å². The van der Waals surface area contributed by atoms with Gasteiger partial charge in [-0.25, -0.2) is 0 Å². The van der Waals surface area contributed by atoms with Gasteiger partial charge in [0, 0.05) is 37.0 Å². The van der Waals surface area contributed by atoms with Crippen molar-refractivity contribution in [1.29, 1.82) is 0 Å². The predicted octanol–water partition coefficient (Wildman–Crippen LogP) is 3.07. The highest BCUT2D eigenvalue weighted by Crippen LogP contribution is 2.25. The molecule has 4 nitrogen and oxygen atoms in total. The van der Waals surface area contributed by atoms with Crippen molar-refractivity contribution >= 4 is 23.0 Å². The molecule has 1 aromatic carbocycles. The van der Waals surface area contributed by atoms with Crippen molar-refractivity contribution in [2.45, 2.75) is 0 Å². The van der Waals surface area contributed by atoms with Crippen LogP contribution in [0, 0.1) is 0 Å². The van der Waals surface area contributed by atoms with Crippen LogP contribution < -0.4 is 14.8 Å². The third-order valence-corrected chi connectivity index (χ3v) is 2.95. The lowest BCUT2D eigenvalue weighted by Gasteiger charge is -2.23. The van der Waals surface area contributed by atoms with Gasteiger partial charge < -0.3 is 19.7 Å². The molecule has 5 heteroatoms. The molecule has 0 heterocycles. The lowest BCUT2D eigenvalue weighted by molar-refractivity contribution is 0.395. The Morgan fingerprint density at radius 3 is 2.05 bits per heavy atom. The summed E-state index contributed by atoms with van der Waals surface area (Å²) in [7, 11) is 3.22. The van der Waals surface area contributed by atoms with E-state index in [-0.39, 0.29) is 0 Å². The molecule has 1 N–H and O–H groups in total. The molecule has 0 atom stereocenters. The summed E-state index contributed by atoms with van der Waals surface area (Å²) in [4.78, 5) is 1.95. The summed E-state index contributed by atoms with van der Waals surface area (Å²) in [5.41, 5.74) is 0.810. The Morgan fingerprint density at radius 1 is 1.15 bits per heavy atom. The van der Waals surface area contributed by atoms with E-state index in [1.165, 1.54) is 0 Å². The van der Waals surface area contributed by atoms with Gasteiger partial charge in [0.15, 0.2) is 5.11 Å². The first-order valence-corrected chi connectivity index (χ1v) is 6.56. The molecule has 20 heavy (non-hydrogen) atoms. The summed E-state index contributed by atoms with van der Waals surface area (Å²) in [6.45, 7) is 8.75. The van der Waals surface area contributed by atoms with Crippen molar-refractivity contribution < 1.29 is 9.47 Å². The van der Waals surface area contributed by atoms with E-state index in [1.54, 1.807) is 32.4 Å². The Balaban J connectivity index is 2.87. The second kappa shape index (κ2) is 8.22. The largest absolute Gasteiger partial charge is 0.497 e. The fraction of sp³-hybridized carbons (Fsp3) is 0.267. The highest BCUT2D eigenvalue weighted by molar-refractivity contribution is 7.80. The fourth-order valence-electron chi connectivity index (χ4n) is 1.63. The van der Waals surface area contributed by atoms with Crippen molar-refractivity contribution in [3.8, 4) is 11.5 Å². The molecule has 0 saturated carbocycles. The maximum absolute atomic E-state index is 5.39. The van der Waals surface area contributed by atoms with Crippen molar-refractivity contribution in [2.24, 2.45) is 0 Å². The van der Waals surface area contributed by atoms with E-state index in [2.05, 4.69) is 18.5 Å². The van der Waals surface area contributed by atoms with E-state index in [4.69, 9.17) is 21.7 Å². The van der Waals surface area contributed by atoms with Gasteiger partial charge in [-0.3, -0.25) is 0 Å². The fourth-order valence-corrected chi connectivity index (χ4v) is 1.90. The molecule has 0 amide bonds. The maximum Gasteiger partial charge on any atom is 0.173 e. The topological polar surface area (TPSA) is 33.7 Å². The van der Waals surface area contributed by atoms with Crippen molar-refractivity contribution in [2.75, 3.05) is 32.6 Å². The number of hydrogen-bond donors (Lipinski definition) is 1. The number of benzene rings is 1. The molecule has 0 spiro atoms. The minimum absolute atomic E-state index is 0.597. The summed E-state index contributed by atoms with van der Waals surface area (Å²) in [5.74, 6) is 1.40. The second-order valence-electron chi connectivity index (χ2n) is 4.01. The molecule has 0 saturated heterocycles. The van der Waals surface area contributed by atoms with Crippen LogP contribution in [0.15, 0.2) is 43.5 Å². The highest BCUT2D eigenvalue weighted by atomic mass is 32.1. The normalized spacial score (nSPS) is 9.50. The zero-order valence-corrected chi connectivity index (χ0v) is 12.7. The molecule has 0 unspecified atom stereocenters. The van der Waals surface area contributed by atoms with Crippen LogP contribution in [0.1, 0.15) is 0 Å². The first kappa shape index (κ1) is 16.0. The van der Waals surface area contributed by atoms with E-state index < -0.39 is 0 Å². The van der Waals surface area contributed by atoms with Gasteiger partial charge in [-0.1, -0.05) is 12.2 Å². The number of hydrogen-bond acceptors (Lipinski definition) is 3. The van der Waals surface area contributed by atoms with Gasteiger partial charge in [0.1, 0.15) is 11.5 Å². The molecule has 0 bridgehead atoms. The first-order chi connectivity index (χ1) is 9.64. The summed E-state index contributed by atoms with van der Waals surface area (Å²) >= 11 is 5.39. The smallest absolute Gasteiger partial charge is 0.173 e. The summed E-state index contributed by atoms with van der Waals surface area (Å²) in [6.07, 6.45) is 3.59. The van der Waals surface area contributed by atoms with Gasteiger partial charge in [-0.15, -0.1) is 13.2 Å². The molecular weight excluding hydrogens is 272 g/mol. The van der Waals surface area contributed by atoms with Gasteiger partial charge in [0.2, 0.25) is 0 Å². The predicted molar refractivity (Wildman–Crippen MR) is 87.7 cm³/mol. The molecule has 0 aliphatic rings. The molecule has 0 aliphatic carbocycles. The monoisotopic (exact) mass is 292 g/mol. The number of anilines is 1. The SMILES string of the molecule is C=CCN(CC=C)C(=S)Nc1cc(OC)cc(OC)c1. The Hall–Kier alpha value is -2.01. The number of ether oxygens (including phenoxy) is 2. The highest BCUT2D eigenvalue weighted by Gasteiger charge is 2.08. The van der Waals surface area contributed by atoms with Crippen LogP contribution in [0.3, 0.4) is 0 Å². The number of nitrogens with zero attached hydrogens (tertiary/aromatic N) is 1. The summed E-state index contributed by atoms with van der Waals surface area (Å²) in [6, 6.07) is 5.52. The zero-order valence-electron chi connectivity index (χ0n) is 11.9. The quantitative estimate of drug-likeness (QED) is 0.617. The zero-order chi connectivity index (χ0) is 15.0. The lowest BCUT2D eigenvalue weighted by Crippen LogP contribution is -2.34. The molecule has 1 aromatic rings. The Labute approximate surface area is 125 Å². The average Bonchev–Trinajstić information content (AvgIpc) is 2.46. The van der Waals surface area contributed by atoms with Crippen molar-refractivity contribution in [1.82, 2.24) is 4.90 Å². The number of nitrogens with one attached hydrogen (secondary N) is 1. The molecule has 0 radical (unpaired) electrons. The van der Waals surface area contributed by atoms with Gasteiger partial charge >= 0.3 is 0 Å². The summed E-state index contributed by atoms with van der Waals surface area (Å²) in [5, 5.41) is 3.76. The van der Waals surface area contributed by atoms with E-state index in [9.17, 15) is 0 Å². The maximum atomic E-state index is 5.39. The standard InChI is InChI=1S/C15H20N2O2S/c1-5-7-17(8-6-2)15(20)16-12-9-13(18-3)11-14(10-12)19-4/h5-6,9-11H,1-2,7-8H2,3-4H3,(H,16,20). The Kier molecular flexibility index (Phi) is 6.59. The molecule has 108 valence electrons. The molecule has 0 aliphatic heterocycles. The third-order valence-electron chi connectivity index (χ3n) is 2.59. The van der Waals surface area contributed by atoms with Crippen LogP contribution in [0.4, 0.5) is 5.69 Å². The summed E-state index contributed by atoms with van der Waals surface area (Å²) < 4.78 is 10.5. The van der Waals surface area contributed by atoms with Crippen LogP contribution in [0.2, 0.25) is 0 Å². The van der Waals surface area contributed by atoms with Crippen LogP contribution in [-0.2, 0) is 0 Å². The molecular formula is C15H20N2O2S. The number of rotatable bonds is 7.